The summed E-state index contributed by atoms with van der Waals surface area (Å²) >= 11 is 0. The summed E-state index contributed by atoms with van der Waals surface area (Å²) in [5.74, 6) is -1.80. The summed E-state index contributed by atoms with van der Waals surface area (Å²) in [4.78, 5) is 47.0. The molecule has 9 nitrogen and oxygen atoms in total. The monoisotopic (exact) mass is 483 g/mol. The van der Waals surface area contributed by atoms with E-state index in [0.29, 0.717) is 6.54 Å². The van der Waals surface area contributed by atoms with Crippen LogP contribution < -0.4 is 27.0 Å². The molecule has 1 atom stereocenters. The number of amides is 4. The molecule has 0 radical (unpaired) electrons. The van der Waals surface area contributed by atoms with Crippen LogP contribution in [0.15, 0.2) is 30.3 Å². The zero-order chi connectivity index (χ0) is 27.4. The standard InChI is InChI=1S/C17H25N5O4.4C2H6/c1-2-19-15(24)10-21-17(26)13(8-12-6-4-3-5-7-12)22-16(25)11-20-14(23)9-18;4*1-2/h3-7,13H,2,8-11,18H2,1H3,(H,19,24)(H,20,23)(H,21,26)(H,22,25);4*1-2H3. The lowest BCUT2D eigenvalue weighted by atomic mass is 10.1. The lowest BCUT2D eigenvalue weighted by Gasteiger charge is -2.19. The summed E-state index contributed by atoms with van der Waals surface area (Å²) in [6.45, 7) is 17.5. The molecular weight excluding hydrogens is 434 g/mol. The van der Waals surface area contributed by atoms with Crippen molar-refractivity contribution in [3.8, 4) is 0 Å². The highest BCUT2D eigenvalue weighted by Gasteiger charge is 2.21. The molecule has 0 heterocycles. The minimum Gasteiger partial charge on any atom is -0.355 e. The van der Waals surface area contributed by atoms with Gasteiger partial charge in [-0.2, -0.15) is 0 Å². The molecule has 1 unspecified atom stereocenters. The van der Waals surface area contributed by atoms with Crippen LogP contribution in [0.3, 0.4) is 0 Å². The normalized spacial score (nSPS) is 9.24. The van der Waals surface area contributed by atoms with Gasteiger partial charge in [0.05, 0.1) is 19.6 Å². The molecule has 0 aromatic heterocycles. The summed E-state index contributed by atoms with van der Waals surface area (Å²) < 4.78 is 0. The summed E-state index contributed by atoms with van der Waals surface area (Å²) in [5.41, 5.74) is 6.00. The highest BCUT2D eigenvalue weighted by atomic mass is 16.2. The first-order valence-corrected chi connectivity index (χ1v) is 12.3. The lowest BCUT2D eigenvalue weighted by Crippen LogP contribution is -2.52. The summed E-state index contributed by atoms with van der Waals surface area (Å²) in [7, 11) is 0. The van der Waals surface area contributed by atoms with Gasteiger partial charge < -0.3 is 27.0 Å². The number of hydrogen-bond donors (Lipinski definition) is 5. The van der Waals surface area contributed by atoms with Crippen LogP contribution in [0.25, 0.3) is 0 Å². The molecule has 0 aliphatic rings. The largest absolute Gasteiger partial charge is 0.355 e. The maximum absolute atomic E-state index is 12.4. The number of nitrogens with one attached hydrogen (secondary N) is 4. The molecule has 34 heavy (non-hydrogen) atoms. The van der Waals surface area contributed by atoms with Gasteiger partial charge in [-0.25, -0.2) is 0 Å². The highest BCUT2D eigenvalue weighted by molar-refractivity contribution is 5.92. The van der Waals surface area contributed by atoms with E-state index < -0.39 is 23.8 Å². The van der Waals surface area contributed by atoms with Crippen LogP contribution in [0.4, 0.5) is 0 Å². The maximum atomic E-state index is 12.4. The van der Waals surface area contributed by atoms with E-state index in [-0.39, 0.29) is 32.0 Å². The van der Waals surface area contributed by atoms with E-state index in [2.05, 4.69) is 21.3 Å². The number of carbonyl (C=O) groups excluding carboxylic acids is 4. The van der Waals surface area contributed by atoms with Crippen LogP contribution in [0.1, 0.15) is 67.9 Å². The van der Waals surface area contributed by atoms with E-state index in [0.717, 1.165) is 5.56 Å². The average Bonchev–Trinajstić information content (AvgIpc) is 2.91. The Bertz CT molecular complexity index is 625. The van der Waals surface area contributed by atoms with Crippen molar-refractivity contribution in [3.63, 3.8) is 0 Å². The van der Waals surface area contributed by atoms with Gasteiger partial charge in [0, 0.05) is 13.0 Å². The Balaban J connectivity index is -0.000000506. The van der Waals surface area contributed by atoms with Crippen LogP contribution in [0, 0.1) is 0 Å². The second-order valence-electron chi connectivity index (χ2n) is 5.46. The molecule has 4 amide bonds. The Morgan fingerprint density at radius 2 is 1.24 bits per heavy atom. The maximum Gasteiger partial charge on any atom is 0.243 e. The molecule has 6 N–H and O–H groups in total. The number of likely N-dealkylation sites (N-methyl/N-ethyl adjacent to an activating group) is 1. The van der Waals surface area contributed by atoms with Gasteiger partial charge in [-0.05, 0) is 12.5 Å². The zero-order valence-corrected chi connectivity index (χ0v) is 22.7. The second kappa shape index (κ2) is 30.1. The van der Waals surface area contributed by atoms with E-state index in [1.54, 1.807) is 6.92 Å². The Morgan fingerprint density at radius 1 is 0.735 bits per heavy atom. The van der Waals surface area contributed by atoms with Crippen molar-refractivity contribution >= 4 is 23.6 Å². The summed E-state index contributed by atoms with van der Waals surface area (Å²) in [5, 5.41) is 9.96. The van der Waals surface area contributed by atoms with Crippen molar-refractivity contribution in [3.05, 3.63) is 35.9 Å². The van der Waals surface area contributed by atoms with Gasteiger partial charge in [0.1, 0.15) is 6.04 Å². The third-order valence-electron chi connectivity index (χ3n) is 3.36. The molecule has 198 valence electrons. The fourth-order valence-corrected chi connectivity index (χ4v) is 2.11. The van der Waals surface area contributed by atoms with Crippen LogP contribution in [0.2, 0.25) is 0 Å². The van der Waals surface area contributed by atoms with E-state index in [1.807, 2.05) is 85.7 Å². The molecule has 0 fully saturated rings. The topological polar surface area (TPSA) is 142 Å². The highest BCUT2D eigenvalue weighted by Crippen LogP contribution is 2.03. The van der Waals surface area contributed by atoms with Gasteiger partial charge in [-0.3, -0.25) is 19.2 Å². The van der Waals surface area contributed by atoms with Gasteiger partial charge in [0.15, 0.2) is 0 Å². The number of rotatable bonds is 10. The molecule has 0 bridgehead atoms. The van der Waals surface area contributed by atoms with Gasteiger partial charge >= 0.3 is 0 Å². The Hall–Kier alpha value is -2.94. The number of nitrogens with two attached hydrogens (primary N) is 1. The van der Waals surface area contributed by atoms with E-state index >= 15 is 0 Å². The Kier molecular flexibility index (Phi) is 33.9. The summed E-state index contributed by atoms with van der Waals surface area (Å²) in [6, 6.07) is 8.26. The molecule has 0 aliphatic heterocycles. The van der Waals surface area contributed by atoms with Gasteiger partial charge in [-0.15, -0.1) is 0 Å². The number of carbonyl (C=O) groups is 4. The Labute approximate surface area is 207 Å². The molecule has 1 aromatic rings. The fourth-order valence-electron chi connectivity index (χ4n) is 2.11. The predicted molar refractivity (Wildman–Crippen MR) is 141 cm³/mol. The molecule has 0 aliphatic carbocycles. The quantitative estimate of drug-likeness (QED) is 0.346. The minimum absolute atomic E-state index is 0.183. The third kappa shape index (κ3) is 22.3. The zero-order valence-electron chi connectivity index (χ0n) is 22.7. The lowest BCUT2D eigenvalue weighted by molar-refractivity contribution is -0.130. The molecule has 0 saturated heterocycles. The van der Waals surface area contributed by atoms with Crippen molar-refractivity contribution in [1.82, 2.24) is 21.3 Å². The first kappa shape index (κ1) is 38.3. The molecular formula is C25H49N5O4. The van der Waals surface area contributed by atoms with Crippen molar-refractivity contribution in [1.29, 1.82) is 0 Å². The first-order chi connectivity index (χ1) is 16.5. The molecule has 0 saturated carbocycles. The van der Waals surface area contributed by atoms with Crippen molar-refractivity contribution < 1.29 is 19.2 Å². The average molecular weight is 484 g/mol. The number of benzene rings is 1. The fraction of sp³-hybridized carbons (Fsp3) is 0.600. The smallest absolute Gasteiger partial charge is 0.243 e. The van der Waals surface area contributed by atoms with Crippen LogP contribution in [-0.4, -0.2) is 55.8 Å². The first-order valence-electron chi connectivity index (χ1n) is 12.3. The van der Waals surface area contributed by atoms with Crippen molar-refractivity contribution in [2.75, 3.05) is 26.2 Å². The van der Waals surface area contributed by atoms with Gasteiger partial charge in [0.2, 0.25) is 23.6 Å². The van der Waals surface area contributed by atoms with E-state index in [9.17, 15) is 19.2 Å². The Morgan fingerprint density at radius 3 is 1.71 bits per heavy atom. The van der Waals surface area contributed by atoms with Gasteiger partial charge in [-0.1, -0.05) is 85.7 Å². The molecule has 9 heteroatoms. The van der Waals surface area contributed by atoms with Crippen LogP contribution >= 0.6 is 0 Å². The van der Waals surface area contributed by atoms with Crippen molar-refractivity contribution in [2.45, 2.75) is 74.8 Å². The summed E-state index contributed by atoms with van der Waals surface area (Å²) in [6.07, 6.45) is 0.249. The van der Waals surface area contributed by atoms with E-state index in [1.165, 1.54) is 0 Å². The molecule has 0 spiro atoms. The molecule has 1 aromatic carbocycles. The number of hydrogen-bond acceptors (Lipinski definition) is 5. The second-order valence-corrected chi connectivity index (χ2v) is 5.46. The third-order valence-corrected chi connectivity index (χ3v) is 3.36. The van der Waals surface area contributed by atoms with E-state index in [4.69, 9.17) is 5.73 Å². The predicted octanol–water partition coefficient (Wildman–Crippen LogP) is 2.15. The van der Waals surface area contributed by atoms with Crippen LogP contribution in [0.5, 0.6) is 0 Å². The van der Waals surface area contributed by atoms with Crippen LogP contribution in [-0.2, 0) is 25.6 Å². The minimum atomic E-state index is -0.880. The molecule has 1 rings (SSSR count). The SMILES string of the molecule is CC.CC.CC.CC.CCNC(=O)CNC(=O)C(Cc1ccccc1)NC(=O)CNC(=O)CN. The van der Waals surface area contributed by atoms with Crippen molar-refractivity contribution in [2.24, 2.45) is 5.73 Å². The van der Waals surface area contributed by atoms with Gasteiger partial charge in [0.25, 0.3) is 0 Å².